The number of aromatic nitrogens is 3. The number of hydrogen-bond acceptors (Lipinski definition) is 4. The molecule has 0 aliphatic carbocycles. The lowest BCUT2D eigenvalue weighted by Gasteiger charge is -2.28. The number of likely N-dealkylation sites (tertiary alicyclic amines) is 1. The number of allylic oxidation sites excluding steroid dienone is 2. The maximum atomic E-state index is 4.45. The van der Waals surface area contributed by atoms with E-state index in [1.807, 2.05) is 6.20 Å². The number of fused-ring (bicyclic) bond motifs is 1. The van der Waals surface area contributed by atoms with Gasteiger partial charge in [-0.15, -0.1) is 0 Å². The lowest BCUT2D eigenvalue weighted by molar-refractivity contribution is 0.218. The summed E-state index contributed by atoms with van der Waals surface area (Å²) in [6.45, 7) is 5.91. The second-order valence-corrected chi connectivity index (χ2v) is 7.63. The van der Waals surface area contributed by atoms with Crippen LogP contribution in [0.3, 0.4) is 0 Å². The van der Waals surface area contributed by atoms with Crippen LogP contribution in [0.25, 0.3) is 11.2 Å². The molecular formula is C19H24BrN5. The lowest BCUT2D eigenvalue weighted by Crippen LogP contribution is -2.32. The van der Waals surface area contributed by atoms with Crippen molar-refractivity contribution in [3.63, 3.8) is 0 Å². The molecule has 0 spiro atoms. The molecule has 0 radical (unpaired) electrons. The van der Waals surface area contributed by atoms with Gasteiger partial charge in [-0.3, -0.25) is 0 Å². The Bertz CT molecular complexity index is 788. The highest BCUT2D eigenvalue weighted by Gasteiger charge is 2.12. The van der Waals surface area contributed by atoms with Gasteiger partial charge in [-0.05, 0) is 78.7 Å². The van der Waals surface area contributed by atoms with Gasteiger partial charge in [0.1, 0.15) is 4.60 Å². The molecule has 2 aromatic heterocycles. The van der Waals surface area contributed by atoms with Crippen molar-refractivity contribution in [2.45, 2.75) is 25.7 Å². The molecule has 0 amide bonds. The Hall–Kier alpha value is -1.66. The predicted octanol–water partition coefficient (Wildman–Crippen LogP) is 3.58. The number of nitrogens with zero attached hydrogens (tertiary/aromatic N) is 5. The summed E-state index contributed by atoms with van der Waals surface area (Å²) in [5.41, 5.74) is 3.21. The minimum absolute atomic E-state index is 0.864. The van der Waals surface area contributed by atoms with Crippen LogP contribution in [0.2, 0.25) is 0 Å². The average Bonchev–Trinajstić information content (AvgIpc) is 3.04. The molecule has 4 rings (SSSR count). The Morgan fingerprint density at radius 2 is 1.96 bits per heavy atom. The molecule has 25 heavy (non-hydrogen) atoms. The third-order valence-electron chi connectivity index (χ3n) is 5.03. The SMILES string of the molecule is Brc1cnc2cc(C3=CCN(CCCN4CCCCC4)C=C3)cnn12. The van der Waals surface area contributed by atoms with Gasteiger partial charge in [-0.1, -0.05) is 12.5 Å². The first kappa shape index (κ1) is 16.8. The van der Waals surface area contributed by atoms with Crippen LogP contribution in [0.1, 0.15) is 31.2 Å². The number of halogens is 1. The zero-order valence-electron chi connectivity index (χ0n) is 14.4. The minimum Gasteiger partial charge on any atom is -0.374 e. The van der Waals surface area contributed by atoms with Crippen LogP contribution < -0.4 is 0 Å². The molecule has 0 N–H and O–H groups in total. The van der Waals surface area contributed by atoms with E-state index in [4.69, 9.17) is 0 Å². The second-order valence-electron chi connectivity index (χ2n) is 6.82. The minimum atomic E-state index is 0.864. The first-order valence-electron chi connectivity index (χ1n) is 9.14. The van der Waals surface area contributed by atoms with Gasteiger partial charge in [0.2, 0.25) is 0 Å². The van der Waals surface area contributed by atoms with Crippen molar-refractivity contribution in [2.24, 2.45) is 0 Å². The molecule has 4 heterocycles. The van der Waals surface area contributed by atoms with Crippen LogP contribution in [0.4, 0.5) is 0 Å². The maximum absolute atomic E-state index is 4.45. The molecular weight excluding hydrogens is 378 g/mol. The van der Waals surface area contributed by atoms with E-state index in [0.29, 0.717) is 0 Å². The quantitative estimate of drug-likeness (QED) is 0.766. The number of piperidine rings is 1. The van der Waals surface area contributed by atoms with E-state index in [9.17, 15) is 0 Å². The van der Waals surface area contributed by atoms with Crippen molar-refractivity contribution in [2.75, 3.05) is 32.7 Å². The van der Waals surface area contributed by atoms with Gasteiger partial charge in [0.15, 0.2) is 5.65 Å². The zero-order chi connectivity index (χ0) is 17.1. The first-order valence-corrected chi connectivity index (χ1v) is 9.93. The molecule has 0 saturated carbocycles. The normalized spacial score (nSPS) is 18.8. The van der Waals surface area contributed by atoms with E-state index < -0.39 is 0 Å². The molecule has 0 unspecified atom stereocenters. The van der Waals surface area contributed by atoms with Crippen LogP contribution in [0.15, 0.2) is 41.4 Å². The smallest absolute Gasteiger partial charge is 0.155 e. The van der Waals surface area contributed by atoms with E-state index in [2.05, 4.69) is 60.2 Å². The summed E-state index contributed by atoms with van der Waals surface area (Å²) in [6.07, 6.45) is 15.8. The predicted molar refractivity (Wildman–Crippen MR) is 104 cm³/mol. The van der Waals surface area contributed by atoms with Crippen molar-refractivity contribution < 1.29 is 0 Å². The van der Waals surface area contributed by atoms with Crippen LogP contribution in [-0.4, -0.2) is 57.1 Å². The third kappa shape index (κ3) is 3.96. The van der Waals surface area contributed by atoms with E-state index in [0.717, 1.165) is 28.9 Å². The third-order valence-corrected chi connectivity index (χ3v) is 5.57. The van der Waals surface area contributed by atoms with Crippen molar-refractivity contribution in [3.05, 3.63) is 47.0 Å². The molecule has 6 heteroatoms. The highest BCUT2D eigenvalue weighted by Crippen LogP contribution is 2.21. The second kappa shape index (κ2) is 7.70. The molecule has 0 aromatic carbocycles. The molecule has 0 atom stereocenters. The van der Waals surface area contributed by atoms with Crippen molar-refractivity contribution in [1.29, 1.82) is 0 Å². The van der Waals surface area contributed by atoms with Gasteiger partial charge in [0.25, 0.3) is 0 Å². The van der Waals surface area contributed by atoms with E-state index in [-0.39, 0.29) is 0 Å². The topological polar surface area (TPSA) is 36.7 Å². The van der Waals surface area contributed by atoms with Gasteiger partial charge >= 0.3 is 0 Å². The molecule has 2 aliphatic heterocycles. The van der Waals surface area contributed by atoms with Crippen molar-refractivity contribution >= 4 is 27.2 Å². The van der Waals surface area contributed by atoms with E-state index in [1.54, 1.807) is 10.7 Å². The molecule has 2 aromatic rings. The Balaban J connectivity index is 1.31. The number of rotatable bonds is 5. The van der Waals surface area contributed by atoms with Gasteiger partial charge in [-0.25, -0.2) is 9.50 Å². The summed E-state index contributed by atoms with van der Waals surface area (Å²) in [7, 11) is 0. The van der Waals surface area contributed by atoms with Crippen LogP contribution in [0.5, 0.6) is 0 Å². The fraction of sp³-hybridized carbons (Fsp3) is 0.474. The fourth-order valence-electron chi connectivity index (χ4n) is 3.60. The Morgan fingerprint density at radius 3 is 2.76 bits per heavy atom. The van der Waals surface area contributed by atoms with Crippen molar-refractivity contribution in [1.82, 2.24) is 24.4 Å². The number of hydrogen-bond donors (Lipinski definition) is 0. The highest BCUT2D eigenvalue weighted by molar-refractivity contribution is 9.10. The summed E-state index contributed by atoms with van der Waals surface area (Å²) in [4.78, 5) is 9.37. The van der Waals surface area contributed by atoms with Gasteiger partial charge in [0, 0.05) is 18.7 Å². The molecule has 132 valence electrons. The largest absolute Gasteiger partial charge is 0.374 e. The zero-order valence-corrected chi connectivity index (χ0v) is 16.0. The standard InChI is InChI=1S/C19H24BrN5/c20-18-15-21-19-13-17(14-22-25(18)19)16-5-11-24(12-6-16)10-4-9-23-7-2-1-3-8-23/h5-6,11,13-15H,1-4,7-10,12H2. The van der Waals surface area contributed by atoms with Crippen molar-refractivity contribution in [3.8, 4) is 0 Å². The molecule has 2 aliphatic rings. The van der Waals surface area contributed by atoms with Crippen LogP contribution in [-0.2, 0) is 0 Å². The van der Waals surface area contributed by atoms with Gasteiger partial charge in [-0.2, -0.15) is 5.10 Å². The summed E-state index contributed by atoms with van der Waals surface area (Å²) in [5.74, 6) is 0. The fourth-order valence-corrected chi connectivity index (χ4v) is 3.97. The Morgan fingerprint density at radius 1 is 1.08 bits per heavy atom. The summed E-state index contributed by atoms with van der Waals surface area (Å²) in [5, 5.41) is 4.45. The Labute approximate surface area is 157 Å². The summed E-state index contributed by atoms with van der Waals surface area (Å²) >= 11 is 3.45. The molecule has 1 saturated heterocycles. The summed E-state index contributed by atoms with van der Waals surface area (Å²) in [6, 6.07) is 2.08. The van der Waals surface area contributed by atoms with E-state index in [1.165, 1.54) is 50.9 Å². The van der Waals surface area contributed by atoms with Crippen LogP contribution >= 0.6 is 15.9 Å². The molecule has 0 bridgehead atoms. The monoisotopic (exact) mass is 401 g/mol. The highest BCUT2D eigenvalue weighted by atomic mass is 79.9. The van der Waals surface area contributed by atoms with E-state index >= 15 is 0 Å². The van der Waals surface area contributed by atoms with Gasteiger partial charge < -0.3 is 9.80 Å². The Kier molecular flexibility index (Phi) is 5.17. The van der Waals surface area contributed by atoms with Crippen LogP contribution in [0, 0.1) is 0 Å². The van der Waals surface area contributed by atoms with Gasteiger partial charge in [0.05, 0.1) is 12.4 Å². The first-order chi connectivity index (χ1) is 12.3. The maximum Gasteiger partial charge on any atom is 0.155 e. The molecule has 1 fully saturated rings. The average molecular weight is 402 g/mol. The summed E-state index contributed by atoms with van der Waals surface area (Å²) < 4.78 is 2.67. The number of imidazole rings is 1. The lowest BCUT2D eigenvalue weighted by atomic mass is 10.1. The molecule has 5 nitrogen and oxygen atoms in total.